The molecule has 4 nitrogen and oxygen atoms in total. The number of hydrogen-bond acceptors (Lipinski definition) is 4. The lowest BCUT2D eigenvalue weighted by Crippen LogP contribution is -2.22. The lowest BCUT2D eigenvalue weighted by atomic mass is 10.2. The van der Waals surface area contributed by atoms with E-state index in [0.29, 0.717) is 0 Å². The predicted molar refractivity (Wildman–Crippen MR) is 77.6 cm³/mol. The minimum Gasteiger partial charge on any atom is -0.388 e. The highest BCUT2D eigenvalue weighted by atomic mass is 15.3. The molecule has 0 radical (unpaired) electrons. The van der Waals surface area contributed by atoms with Crippen molar-refractivity contribution in [2.75, 3.05) is 27.2 Å². The number of likely N-dealkylation sites (N-methyl/N-ethyl adjacent to an activating group) is 1. The molecule has 0 spiro atoms. The Labute approximate surface area is 110 Å². The normalized spacial score (nSPS) is 16.1. The van der Waals surface area contributed by atoms with Gasteiger partial charge in [0.2, 0.25) is 0 Å². The van der Waals surface area contributed by atoms with Crippen molar-refractivity contribution in [1.82, 2.24) is 21.1 Å². The molecule has 0 atom stereocenters. The van der Waals surface area contributed by atoms with Gasteiger partial charge in [-0.15, -0.1) is 0 Å². The molecule has 100 valence electrons. The third-order valence-electron chi connectivity index (χ3n) is 2.96. The zero-order valence-electron chi connectivity index (χ0n) is 11.4. The van der Waals surface area contributed by atoms with Gasteiger partial charge >= 0.3 is 0 Å². The van der Waals surface area contributed by atoms with Crippen molar-refractivity contribution in [3.63, 3.8) is 0 Å². The first kappa shape index (κ1) is 14.4. The Morgan fingerprint density at radius 2 is 1.83 bits per heavy atom. The number of nitrogens with one attached hydrogen (secondary N) is 3. The summed E-state index contributed by atoms with van der Waals surface area (Å²) in [4.78, 5) is 2.36. The summed E-state index contributed by atoms with van der Waals surface area (Å²) in [6, 6.07) is 0. The molecule has 1 aliphatic heterocycles. The Kier molecular flexibility index (Phi) is 6.08. The first-order chi connectivity index (χ1) is 8.69. The van der Waals surface area contributed by atoms with Crippen molar-refractivity contribution < 1.29 is 0 Å². The zero-order chi connectivity index (χ0) is 13.4. The molecule has 0 aromatic carbocycles. The van der Waals surface area contributed by atoms with Crippen LogP contribution >= 0.6 is 0 Å². The van der Waals surface area contributed by atoms with E-state index in [4.69, 9.17) is 0 Å². The largest absolute Gasteiger partial charge is 0.388 e. The van der Waals surface area contributed by atoms with Crippen molar-refractivity contribution in [2.45, 2.75) is 12.8 Å². The third kappa shape index (κ3) is 4.30. The van der Waals surface area contributed by atoms with E-state index in [9.17, 15) is 0 Å². The van der Waals surface area contributed by atoms with E-state index in [0.717, 1.165) is 30.1 Å². The van der Waals surface area contributed by atoms with Crippen LogP contribution in [0.3, 0.4) is 0 Å². The molecule has 0 aromatic heterocycles. The lowest BCUT2D eigenvalue weighted by molar-refractivity contribution is 0.439. The molecule has 0 bridgehead atoms. The summed E-state index contributed by atoms with van der Waals surface area (Å²) in [5.74, 6) is 0. The molecule has 18 heavy (non-hydrogen) atoms. The van der Waals surface area contributed by atoms with Crippen molar-refractivity contribution in [3.8, 4) is 0 Å². The quantitative estimate of drug-likeness (QED) is 0.471. The van der Waals surface area contributed by atoms with Crippen LogP contribution in [0.15, 0.2) is 48.5 Å². The van der Waals surface area contributed by atoms with Gasteiger partial charge in [0.05, 0.1) is 0 Å². The lowest BCUT2D eigenvalue weighted by Gasteiger charge is -2.19. The minimum absolute atomic E-state index is 0.849. The second-order valence-corrected chi connectivity index (χ2v) is 4.24. The summed E-state index contributed by atoms with van der Waals surface area (Å²) in [7, 11) is 3.70. The van der Waals surface area contributed by atoms with Gasteiger partial charge in [0.15, 0.2) is 0 Å². The maximum absolute atomic E-state index is 4.03. The molecule has 0 saturated carbocycles. The maximum atomic E-state index is 4.03. The molecule has 4 heteroatoms. The van der Waals surface area contributed by atoms with E-state index >= 15 is 0 Å². The highest BCUT2D eigenvalue weighted by Gasteiger charge is 2.13. The van der Waals surface area contributed by atoms with Crippen LogP contribution < -0.4 is 16.2 Å². The summed E-state index contributed by atoms with van der Waals surface area (Å²) in [6.07, 6.45) is 8.52. The monoisotopic (exact) mass is 248 g/mol. The zero-order valence-corrected chi connectivity index (χ0v) is 11.4. The number of rotatable bonds is 7. The summed E-state index contributed by atoms with van der Waals surface area (Å²) < 4.78 is 0. The van der Waals surface area contributed by atoms with Gasteiger partial charge in [0.25, 0.3) is 0 Å². The molecule has 1 saturated heterocycles. The van der Waals surface area contributed by atoms with Gasteiger partial charge in [-0.2, -0.15) is 0 Å². The fraction of sp³-hybridized carbons (Fsp3) is 0.429. The Morgan fingerprint density at radius 1 is 1.17 bits per heavy atom. The molecule has 0 aliphatic carbocycles. The van der Waals surface area contributed by atoms with Crippen molar-refractivity contribution in [2.24, 2.45) is 0 Å². The minimum atomic E-state index is 0.849. The Balaban J connectivity index is 2.78. The van der Waals surface area contributed by atoms with Gasteiger partial charge < -0.3 is 15.6 Å². The van der Waals surface area contributed by atoms with E-state index in [1.165, 1.54) is 12.8 Å². The molecule has 1 aliphatic rings. The van der Waals surface area contributed by atoms with Crippen LogP contribution in [0.1, 0.15) is 12.8 Å². The summed E-state index contributed by atoms with van der Waals surface area (Å²) in [5.41, 5.74) is 8.74. The topological polar surface area (TPSA) is 39.3 Å². The second kappa shape index (κ2) is 7.61. The highest BCUT2D eigenvalue weighted by Crippen LogP contribution is 2.18. The van der Waals surface area contributed by atoms with E-state index in [2.05, 4.69) is 46.4 Å². The van der Waals surface area contributed by atoms with Crippen LogP contribution in [0, 0.1) is 0 Å². The molecule has 3 N–H and O–H groups in total. The number of likely N-dealkylation sites (tertiary alicyclic amines) is 1. The van der Waals surface area contributed by atoms with Crippen LogP contribution in [0.4, 0.5) is 0 Å². The van der Waals surface area contributed by atoms with Crippen LogP contribution in [-0.2, 0) is 0 Å². The number of hydrazine groups is 1. The molecular formula is C14H24N4. The van der Waals surface area contributed by atoms with Crippen molar-refractivity contribution in [1.29, 1.82) is 0 Å². The van der Waals surface area contributed by atoms with Crippen molar-refractivity contribution in [3.05, 3.63) is 48.5 Å². The number of nitrogens with zero attached hydrogens (tertiary/aromatic N) is 1. The number of allylic oxidation sites excluding steroid dienone is 2. The smallest absolute Gasteiger partial charge is 0.0387 e. The van der Waals surface area contributed by atoms with Crippen LogP contribution in [0.2, 0.25) is 0 Å². The standard InChI is InChI=1S/C14H24N4/c1-12(13(2)15-3)11-14(7-8-17-16-4)18-9-5-6-10-18/h7-8,11,15-17H,1-2,5-6,9-10H2,3-4H3/b8-7-,14-11+. The maximum Gasteiger partial charge on any atom is 0.0387 e. The second-order valence-electron chi connectivity index (χ2n) is 4.24. The predicted octanol–water partition coefficient (Wildman–Crippen LogP) is 1.49. The summed E-state index contributed by atoms with van der Waals surface area (Å²) in [5, 5.41) is 3.02. The van der Waals surface area contributed by atoms with E-state index < -0.39 is 0 Å². The molecule has 0 unspecified atom stereocenters. The van der Waals surface area contributed by atoms with Gasteiger partial charge in [-0.05, 0) is 30.6 Å². The van der Waals surface area contributed by atoms with Crippen LogP contribution in [0.25, 0.3) is 0 Å². The Hall–Kier alpha value is -1.68. The van der Waals surface area contributed by atoms with Crippen LogP contribution in [-0.4, -0.2) is 32.1 Å². The van der Waals surface area contributed by atoms with E-state index in [-0.39, 0.29) is 0 Å². The summed E-state index contributed by atoms with van der Waals surface area (Å²) >= 11 is 0. The molecular weight excluding hydrogens is 224 g/mol. The molecule has 1 rings (SSSR count). The average Bonchev–Trinajstić information content (AvgIpc) is 2.90. The molecule has 0 amide bonds. The fourth-order valence-corrected chi connectivity index (χ4v) is 1.86. The third-order valence-corrected chi connectivity index (χ3v) is 2.96. The highest BCUT2D eigenvalue weighted by molar-refractivity contribution is 5.39. The first-order valence-corrected chi connectivity index (χ1v) is 6.30. The van der Waals surface area contributed by atoms with Gasteiger partial charge in [0.1, 0.15) is 0 Å². The molecule has 0 aromatic rings. The van der Waals surface area contributed by atoms with Gasteiger partial charge in [0, 0.05) is 44.8 Å². The van der Waals surface area contributed by atoms with Gasteiger partial charge in [-0.25, -0.2) is 5.43 Å². The van der Waals surface area contributed by atoms with E-state index in [1.807, 2.05) is 20.3 Å². The van der Waals surface area contributed by atoms with Gasteiger partial charge in [-0.1, -0.05) is 13.2 Å². The number of hydrogen-bond donors (Lipinski definition) is 3. The summed E-state index contributed by atoms with van der Waals surface area (Å²) in [6.45, 7) is 10.2. The van der Waals surface area contributed by atoms with Gasteiger partial charge in [-0.3, -0.25) is 0 Å². The fourth-order valence-electron chi connectivity index (χ4n) is 1.86. The Morgan fingerprint density at radius 3 is 2.39 bits per heavy atom. The SMILES string of the molecule is C=C(/C=C(\C=C/NNC)N1CCCC1)C(=C)NC. The van der Waals surface area contributed by atoms with Crippen LogP contribution in [0.5, 0.6) is 0 Å². The van der Waals surface area contributed by atoms with Crippen molar-refractivity contribution >= 4 is 0 Å². The average molecular weight is 248 g/mol. The molecule has 1 fully saturated rings. The first-order valence-electron chi connectivity index (χ1n) is 6.30. The Bertz CT molecular complexity index is 349. The molecule has 1 heterocycles. The van der Waals surface area contributed by atoms with E-state index in [1.54, 1.807) is 0 Å².